The first-order valence-corrected chi connectivity index (χ1v) is 8.38. The molecule has 1 fully saturated rings. The third kappa shape index (κ3) is 4.75. The molecule has 0 spiro atoms. The Balaban J connectivity index is 1.47. The van der Waals surface area contributed by atoms with Gasteiger partial charge in [0.15, 0.2) is 0 Å². The van der Waals surface area contributed by atoms with E-state index in [0.717, 1.165) is 32.5 Å². The first kappa shape index (κ1) is 16.9. The highest BCUT2D eigenvalue weighted by atomic mass is 16.1. The van der Waals surface area contributed by atoms with E-state index in [9.17, 15) is 4.79 Å². The van der Waals surface area contributed by atoms with E-state index in [0.29, 0.717) is 11.4 Å². The lowest BCUT2D eigenvalue weighted by atomic mass is 10.0. The Kier molecular flexibility index (Phi) is 5.54. The summed E-state index contributed by atoms with van der Waals surface area (Å²) in [6, 6.07) is 13.9. The molecule has 1 amide bonds. The summed E-state index contributed by atoms with van der Waals surface area (Å²) >= 11 is 0. The number of benzene rings is 1. The summed E-state index contributed by atoms with van der Waals surface area (Å²) in [5.41, 5.74) is 4.13. The number of rotatable bonds is 5. The normalized spacial score (nSPS) is 15.3. The van der Waals surface area contributed by atoms with Crippen molar-refractivity contribution in [1.29, 1.82) is 5.39 Å². The smallest absolute Gasteiger partial charge is 0.309 e. The van der Waals surface area contributed by atoms with E-state index in [2.05, 4.69) is 50.0 Å². The Morgan fingerprint density at radius 1 is 1.20 bits per heavy atom. The summed E-state index contributed by atoms with van der Waals surface area (Å²) in [5, 5.41) is 14.3. The minimum atomic E-state index is -0.124. The topological polar surface area (TPSA) is 85.4 Å². The first-order valence-electron chi connectivity index (χ1n) is 8.38. The third-order valence-electron chi connectivity index (χ3n) is 4.36. The van der Waals surface area contributed by atoms with Crippen LogP contribution in [0.5, 0.6) is 0 Å². The van der Waals surface area contributed by atoms with Crippen molar-refractivity contribution in [2.45, 2.75) is 25.4 Å². The summed E-state index contributed by atoms with van der Waals surface area (Å²) in [7, 11) is 0. The van der Waals surface area contributed by atoms with Crippen LogP contribution in [0.2, 0.25) is 0 Å². The van der Waals surface area contributed by atoms with Crippen LogP contribution >= 0.6 is 0 Å². The summed E-state index contributed by atoms with van der Waals surface area (Å²) in [4.78, 5) is 18.7. The van der Waals surface area contributed by atoms with Gasteiger partial charge in [0.05, 0.1) is 5.56 Å². The molecule has 1 saturated heterocycles. The van der Waals surface area contributed by atoms with Crippen molar-refractivity contribution >= 4 is 11.7 Å². The van der Waals surface area contributed by atoms with Gasteiger partial charge in [-0.1, -0.05) is 30.3 Å². The summed E-state index contributed by atoms with van der Waals surface area (Å²) in [6.07, 6.45) is 3.34. The number of carbonyl (C=O) groups is 1. The number of nitrogens with zero attached hydrogens (tertiary/aromatic N) is 4. The van der Waals surface area contributed by atoms with Crippen LogP contribution < -0.4 is 10.7 Å². The van der Waals surface area contributed by atoms with Crippen molar-refractivity contribution in [3.05, 3.63) is 64.9 Å². The van der Waals surface area contributed by atoms with Crippen LogP contribution in [0.1, 0.15) is 28.8 Å². The van der Waals surface area contributed by atoms with E-state index in [1.54, 1.807) is 12.1 Å². The van der Waals surface area contributed by atoms with Crippen molar-refractivity contribution in [2.75, 3.05) is 18.5 Å². The van der Waals surface area contributed by atoms with E-state index >= 15 is 0 Å². The molecule has 1 aliphatic rings. The van der Waals surface area contributed by atoms with Crippen LogP contribution in [0.4, 0.5) is 5.82 Å². The van der Waals surface area contributed by atoms with Gasteiger partial charge in [-0.2, -0.15) is 0 Å². The fourth-order valence-electron chi connectivity index (χ4n) is 2.99. The third-order valence-corrected chi connectivity index (χ3v) is 4.36. The molecule has 3 rings (SSSR count). The molecule has 0 radical (unpaired) electrons. The van der Waals surface area contributed by atoms with Crippen molar-refractivity contribution in [3.8, 4) is 0 Å². The van der Waals surface area contributed by atoms with E-state index in [-0.39, 0.29) is 11.9 Å². The van der Waals surface area contributed by atoms with Crippen molar-refractivity contribution in [1.82, 2.24) is 15.2 Å². The SMILES string of the molecule is N#[N+]Nc1ccc(C(=O)NC2CCN(Cc3ccccc3)CC2)cn1. The zero-order valence-electron chi connectivity index (χ0n) is 13.9. The number of diazo groups is 1. The Bertz CT molecular complexity index is 732. The van der Waals surface area contributed by atoms with Crippen LogP contribution in [-0.4, -0.2) is 34.9 Å². The molecule has 1 aromatic carbocycles. The van der Waals surface area contributed by atoms with Gasteiger partial charge < -0.3 is 5.32 Å². The molecule has 1 aromatic heterocycles. The second-order valence-electron chi connectivity index (χ2n) is 6.15. The van der Waals surface area contributed by atoms with Gasteiger partial charge >= 0.3 is 5.08 Å². The number of pyridine rings is 1. The van der Waals surface area contributed by atoms with E-state index in [4.69, 9.17) is 5.39 Å². The van der Waals surface area contributed by atoms with Crippen LogP contribution in [0, 0.1) is 5.39 Å². The van der Waals surface area contributed by atoms with Gasteiger partial charge in [0.2, 0.25) is 5.82 Å². The number of amides is 1. The van der Waals surface area contributed by atoms with Crippen molar-refractivity contribution in [3.63, 3.8) is 0 Å². The Labute approximate surface area is 146 Å². The summed E-state index contributed by atoms with van der Waals surface area (Å²) in [6.45, 7) is 2.90. The zero-order valence-corrected chi connectivity index (χ0v) is 13.9. The van der Waals surface area contributed by atoms with Crippen LogP contribution in [0.15, 0.2) is 48.7 Å². The minimum absolute atomic E-state index is 0.124. The molecule has 7 heteroatoms. The zero-order chi connectivity index (χ0) is 17.5. The molecule has 7 nitrogen and oxygen atoms in total. The Hall–Kier alpha value is -2.98. The maximum Gasteiger partial charge on any atom is 0.309 e. The first-order chi connectivity index (χ1) is 12.2. The number of nitrogens with one attached hydrogen (secondary N) is 2. The number of piperidine rings is 1. The fourth-order valence-corrected chi connectivity index (χ4v) is 2.99. The molecule has 0 saturated carbocycles. The largest absolute Gasteiger partial charge is 0.349 e. The van der Waals surface area contributed by atoms with Gasteiger partial charge in [-0.05, 0) is 30.5 Å². The number of hydrogen-bond donors (Lipinski definition) is 2. The molecule has 0 bridgehead atoms. The quantitative estimate of drug-likeness (QED) is 0.647. The molecular weight excluding hydrogens is 316 g/mol. The van der Waals surface area contributed by atoms with Crippen LogP contribution in [0.3, 0.4) is 0 Å². The lowest BCUT2D eigenvalue weighted by Crippen LogP contribution is -2.44. The maximum atomic E-state index is 12.3. The van der Waals surface area contributed by atoms with Gasteiger partial charge in [-0.3, -0.25) is 9.69 Å². The van der Waals surface area contributed by atoms with E-state index in [1.165, 1.54) is 11.8 Å². The molecule has 1 aliphatic heterocycles. The van der Waals surface area contributed by atoms with Crippen LogP contribution in [0.25, 0.3) is 5.08 Å². The monoisotopic (exact) mass is 337 g/mol. The lowest BCUT2D eigenvalue weighted by molar-refractivity contribution is 0.0908. The molecular formula is C18H21N6O+. The van der Waals surface area contributed by atoms with E-state index in [1.807, 2.05) is 6.07 Å². The number of hydrogen-bond acceptors (Lipinski definition) is 5. The highest BCUT2D eigenvalue weighted by Crippen LogP contribution is 2.14. The molecule has 0 unspecified atom stereocenters. The molecule has 0 aliphatic carbocycles. The molecule has 0 atom stereocenters. The summed E-state index contributed by atoms with van der Waals surface area (Å²) in [5.74, 6) is 0.259. The highest BCUT2D eigenvalue weighted by Gasteiger charge is 2.21. The van der Waals surface area contributed by atoms with Gasteiger partial charge in [-0.15, -0.1) is 0 Å². The van der Waals surface area contributed by atoms with Gasteiger partial charge in [-0.25, -0.2) is 4.98 Å². The number of anilines is 1. The summed E-state index contributed by atoms with van der Waals surface area (Å²) < 4.78 is 0. The van der Waals surface area contributed by atoms with E-state index < -0.39 is 0 Å². The maximum absolute atomic E-state index is 12.3. The average molecular weight is 337 g/mol. The van der Waals surface area contributed by atoms with Gasteiger partial charge in [0.25, 0.3) is 11.3 Å². The second kappa shape index (κ2) is 8.22. The average Bonchev–Trinajstić information content (AvgIpc) is 2.65. The number of aromatic nitrogens is 1. The van der Waals surface area contributed by atoms with Gasteiger partial charge in [0, 0.05) is 37.3 Å². The van der Waals surface area contributed by atoms with Crippen LogP contribution in [-0.2, 0) is 6.54 Å². The molecule has 2 heterocycles. The standard InChI is InChI=1S/C18H20N6O/c19-23-22-17-7-6-15(12-20-17)18(25)21-16-8-10-24(11-9-16)13-14-4-2-1-3-5-14/h1-7,12,16H,8-11,13H2,(H-,20,21,22,25)/p+1. The number of likely N-dealkylation sites (tertiary alicyclic amines) is 1. The Morgan fingerprint density at radius 3 is 2.60 bits per heavy atom. The molecule has 128 valence electrons. The van der Waals surface area contributed by atoms with Crippen molar-refractivity contribution in [2.24, 2.45) is 0 Å². The minimum Gasteiger partial charge on any atom is -0.349 e. The Morgan fingerprint density at radius 2 is 1.96 bits per heavy atom. The van der Waals surface area contributed by atoms with Crippen molar-refractivity contribution < 1.29 is 4.79 Å². The fraction of sp³-hybridized carbons (Fsp3) is 0.333. The molecule has 2 N–H and O–H groups in total. The second-order valence-corrected chi connectivity index (χ2v) is 6.15. The lowest BCUT2D eigenvalue weighted by Gasteiger charge is -2.32. The predicted molar refractivity (Wildman–Crippen MR) is 95.2 cm³/mol. The number of carbonyl (C=O) groups excluding carboxylic acids is 1. The van der Waals surface area contributed by atoms with Gasteiger partial charge in [0.1, 0.15) is 0 Å². The highest BCUT2D eigenvalue weighted by molar-refractivity contribution is 5.94. The molecule has 2 aromatic rings. The molecule has 25 heavy (non-hydrogen) atoms. The predicted octanol–water partition coefficient (Wildman–Crippen LogP) is 2.66.